The van der Waals surface area contributed by atoms with Gasteiger partial charge in [0.2, 0.25) is 0 Å². The summed E-state index contributed by atoms with van der Waals surface area (Å²) in [7, 11) is 0. The first-order valence-electron chi connectivity index (χ1n) is 10.8. The van der Waals surface area contributed by atoms with Gasteiger partial charge < -0.3 is 14.8 Å². The average molecular weight is 462 g/mol. The van der Waals surface area contributed by atoms with E-state index in [1.807, 2.05) is 78.9 Å². The Morgan fingerprint density at radius 3 is 2.12 bits per heavy atom. The Kier molecular flexibility index (Phi) is 9.04. The van der Waals surface area contributed by atoms with Gasteiger partial charge in [-0.1, -0.05) is 78.9 Å². The van der Waals surface area contributed by atoms with Gasteiger partial charge in [-0.15, -0.1) is 0 Å². The number of para-hydroxylation sites is 1. The fraction of sp³-hybridized carbons (Fsp3) is 0.192. The third-order valence-corrected chi connectivity index (χ3v) is 4.83. The second-order valence-electron chi connectivity index (χ2n) is 7.52. The Morgan fingerprint density at radius 1 is 0.794 bits per heavy atom. The number of ether oxygens (including phenoxy) is 2. The van der Waals surface area contributed by atoms with Crippen molar-refractivity contribution in [1.82, 2.24) is 16.2 Å². The molecule has 3 aromatic rings. The summed E-state index contributed by atoms with van der Waals surface area (Å²) in [5, 5.41) is 2.41. The number of alkyl carbamates (subject to hydrolysis) is 1. The average Bonchev–Trinajstić information content (AvgIpc) is 2.86. The minimum Gasteiger partial charge on any atom is -0.483 e. The number of benzene rings is 3. The normalized spacial score (nSPS) is 11.1. The van der Waals surface area contributed by atoms with Gasteiger partial charge in [-0.2, -0.15) is 0 Å². The second kappa shape index (κ2) is 12.6. The molecule has 0 saturated heterocycles. The zero-order valence-corrected chi connectivity index (χ0v) is 18.8. The maximum atomic E-state index is 12.2. The number of carbonyl (C=O) groups is 3. The Balaban J connectivity index is 1.39. The predicted octanol–water partition coefficient (Wildman–Crippen LogP) is 3.12. The highest BCUT2D eigenvalue weighted by Gasteiger charge is 2.17. The van der Waals surface area contributed by atoms with Crippen LogP contribution in [-0.2, 0) is 27.4 Å². The lowest BCUT2D eigenvalue weighted by Gasteiger charge is -2.15. The molecule has 3 N–H and O–H groups in total. The Hall–Kier alpha value is -4.33. The lowest BCUT2D eigenvalue weighted by Crippen LogP contribution is -2.52. The molecule has 1 atom stereocenters. The summed E-state index contributed by atoms with van der Waals surface area (Å²) in [5.41, 5.74) is 7.43. The topological polar surface area (TPSA) is 106 Å². The molecule has 0 aliphatic rings. The van der Waals surface area contributed by atoms with Crippen molar-refractivity contribution in [3.63, 3.8) is 0 Å². The Labute approximate surface area is 198 Å². The van der Waals surface area contributed by atoms with E-state index in [0.717, 1.165) is 16.7 Å². The highest BCUT2D eigenvalue weighted by molar-refractivity contribution is 5.87. The first-order chi connectivity index (χ1) is 16.5. The lowest BCUT2D eigenvalue weighted by atomic mass is 10.0. The zero-order valence-electron chi connectivity index (χ0n) is 18.8. The van der Waals surface area contributed by atoms with Crippen molar-refractivity contribution in [2.24, 2.45) is 0 Å². The first-order valence-corrected chi connectivity index (χ1v) is 10.8. The maximum absolute atomic E-state index is 12.2. The number of carbonyl (C=O) groups excluding carboxylic acids is 3. The van der Waals surface area contributed by atoms with E-state index in [4.69, 9.17) is 9.47 Å². The Morgan fingerprint density at radius 2 is 1.41 bits per heavy atom. The van der Waals surface area contributed by atoms with Crippen molar-refractivity contribution < 1.29 is 23.9 Å². The first kappa shape index (κ1) is 24.3. The van der Waals surface area contributed by atoms with Gasteiger partial charge in [0.15, 0.2) is 6.61 Å². The highest BCUT2D eigenvalue weighted by Crippen LogP contribution is 2.21. The summed E-state index contributed by atoms with van der Waals surface area (Å²) in [5.74, 6) is -0.555. The molecule has 1 unspecified atom stereocenters. The van der Waals surface area contributed by atoms with E-state index in [1.54, 1.807) is 6.07 Å². The summed E-state index contributed by atoms with van der Waals surface area (Å²) < 4.78 is 10.7. The fourth-order valence-electron chi connectivity index (χ4n) is 3.03. The number of hydrogen-bond donors (Lipinski definition) is 3. The second-order valence-corrected chi connectivity index (χ2v) is 7.52. The van der Waals surface area contributed by atoms with Crippen LogP contribution in [0.3, 0.4) is 0 Å². The minimum absolute atomic E-state index is 0.0842. The van der Waals surface area contributed by atoms with Crippen molar-refractivity contribution in [3.8, 4) is 5.75 Å². The van der Waals surface area contributed by atoms with E-state index in [-0.39, 0.29) is 13.2 Å². The third kappa shape index (κ3) is 7.98. The molecule has 0 fully saturated rings. The molecule has 8 nitrogen and oxygen atoms in total. The number of hydrogen-bond acceptors (Lipinski definition) is 5. The quantitative estimate of drug-likeness (QED) is 0.425. The SMILES string of the molecule is CC(NC(=O)OCc1ccccc1)C(=O)NNC(=O)COc1ccccc1Cc1ccccc1. The van der Waals surface area contributed by atoms with E-state index < -0.39 is 23.9 Å². The van der Waals surface area contributed by atoms with Crippen LogP contribution in [-0.4, -0.2) is 30.6 Å². The van der Waals surface area contributed by atoms with E-state index >= 15 is 0 Å². The van der Waals surface area contributed by atoms with Crippen LogP contribution >= 0.6 is 0 Å². The summed E-state index contributed by atoms with van der Waals surface area (Å²) in [6.07, 6.45) is -0.0740. The molecule has 0 heterocycles. The number of amides is 3. The third-order valence-electron chi connectivity index (χ3n) is 4.83. The summed E-state index contributed by atoms with van der Waals surface area (Å²) in [4.78, 5) is 36.2. The van der Waals surface area contributed by atoms with Crippen LogP contribution in [0.2, 0.25) is 0 Å². The number of rotatable bonds is 9. The molecule has 0 saturated carbocycles. The molecule has 8 heteroatoms. The molecule has 0 aliphatic heterocycles. The van der Waals surface area contributed by atoms with Crippen molar-refractivity contribution in [2.45, 2.75) is 26.0 Å². The zero-order chi connectivity index (χ0) is 24.2. The van der Waals surface area contributed by atoms with E-state index in [2.05, 4.69) is 16.2 Å². The number of hydrazine groups is 1. The summed E-state index contributed by atoms with van der Waals surface area (Å²) in [6.45, 7) is 1.27. The molecule has 0 bridgehead atoms. The van der Waals surface area contributed by atoms with Gasteiger partial charge >= 0.3 is 6.09 Å². The van der Waals surface area contributed by atoms with Gasteiger partial charge in [0, 0.05) is 6.42 Å². The molecule has 0 spiro atoms. The van der Waals surface area contributed by atoms with E-state index in [0.29, 0.717) is 12.2 Å². The van der Waals surface area contributed by atoms with E-state index in [1.165, 1.54) is 6.92 Å². The standard InChI is InChI=1S/C26H27N3O5/c1-19(27-26(32)34-17-21-12-6-3-7-13-21)25(31)29-28-24(30)18-33-23-15-9-8-14-22(23)16-20-10-4-2-5-11-20/h2-15,19H,16-18H2,1H3,(H,27,32)(H,28,30)(H,29,31). The van der Waals surface area contributed by atoms with E-state index in [9.17, 15) is 14.4 Å². The van der Waals surface area contributed by atoms with Crippen molar-refractivity contribution >= 4 is 17.9 Å². The van der Waals surface area contributed by atoms with Crippen LogP contribution in [0.15, 0.2) is 84.9 Å². The molecular weight excluding hydrogens is 434 g/mol. The molecule has 0 aromatic heterocycles. The molecule has 34 heavy (non-hydrogen) atoms. The van der Waals surface area contributed by atoms with Crippen LogP contribution < -0.4 is 20.9 Å². The van der Waals surface area contributed by atoms with Gasteiger partial charge in [0.05, 0.1) is 0 Å². The summed E-state index contributed by atoms with van der Waals surface area (Å²) in [6, 6.07) is 25.6. The van der Waals surface area contributed by atoms with Crippen LogP contribution in [0.5, 0.6) is 5.75 Å². The molecular formula is C26H27N3O5. The van der Waals surface area contributed by atoms with Gasteiger partial charge in [-0.3, -0.25) is 20.4 Å². The molecule has 3 rings (SSSR count). The highest BCUT2D eigenvalue weighted by atomic mass is 16.5. The van der Waals surface area contributed by atoms with Crippen LogP contribution in [0.25, 0.3) is 0 Å². The monoisotopic (exact) mass is 461 g/mol. The van der Waals surface area contributed by atoms with Crippen molar-refractivity contribution in [1.29, 1.82) is 0 Å². The van der Waals surface area contributed by atoms with Crippen LogP contribution in [0, 0.1) is 0 Å². The van der Waals surface area contributed by atoms with Crippen LogP contribution in [0.1, 0.15) is 23.6 Å². The number of nitrogens with one attached hydrogen (secondary N) is 3. The predicted molar refractivity (Wildman–Crippen MR) is 127 cm³/mol. The van der Waals surface area contributed by atoms with Gasteiger partial charge in [-0.05, 0) is 29.7 Å². The smallest absolute Gasteiger partial charge is 0.408 e. The van der Waals surface area contributed by atoms with Gasteiger partial charge in [0.1, 0.15) is 18.4 Å². The van der Waals surface area contributed by atoms with Gasteiger partial charge in [-0.25, -0.2) is 4.79 Å². The molecule has 176 valence electrons. The lowest BCUT2D eigenvalue weighted by molar-refractivity contribution is -0.130. The Bertz CT molecular complexity index is 1090. The molecule has 3 amide bonds. The summed E-state index contributed by atoms with van der Waals surface area (Å²) >= 11 is 0. The molecule has 3 aromatic carbocycles. The van der Waals surface area contributed by atoms with Crippen molar-refractivity contribution in [2.75, 3.05) is 6.61 Å². The molecule has 0 radical (unpaired) electrons. The van der Waals surface area contributed by atoms with Crippen molar-refractivity contribution in [3.05, 3.63) is 102 Å². The largest absolute Gasteiger partial charge is 0.483 e. The minimum atomic E-state index is -0.920. The fourth-order valence-corrected chi connectivity index (χ4v) is 3.03. The molecule has 0 aliphatic carbocycles. The van der Waals surface area contributed by atoms with Crippen LogP contribution in [0.4, 0.5) is 4.79 Å². The van der Waals surface area contributed by atoms with Gasteiger partial charge in [0.25, 0.3) is 11.8 Å². The maximum Gasteiger partial charge on any atom is 0.408 e.